The van der Waals surface area contributed by atoms with Gasteiger partial charge < -0.3 is 5.32 Å². The normalized spacial score (nSPS) is 11.1. The highest BCUT2D eigenvalue weighted by Crippen LogP contribution is 2.21. The summed E-state index contributed by atoms with van der Waals surface area (Å²) in [7, 11) is 0. The van der Waals surface area contributed by atoms with Crippen LogP contribution in [-0.4, -0.2) is 27.0 Å². The number of aromatic nitrogens is 3. The van der Waals surface area contributed by atoms with Crippen LogP contribution in [0.25, 0.3) is 5.65 Å². The molecule has 2 aromatic heterocycles. The van der Waals surface area contributed by atoms with Gasteiger partial charge in [-0.1, -0.05) is 44.4 Å². The van der Waals surface area contributed by atoms with Crippen molar-refractivity contribution >= 4 is 11.6 Å². The highest BCUT2D eigenvalue weighted by atomic mass is 19.1. The summed E-state index contributed by atoms with van der Waals surface area (Å²) in [5, 5.41) is 7.32. The van der Waals surface area contributed by atoms with Crippen molar-refractivity contribution in [2.75, 3.05) is 6.54 Å². The first-order chi connectivity index (χ1) is 13.5. The van der Waals surface area contributed by atoms with Crippen LogP contribution in [-0.2, 0) is 6.42 Å². The van der Waals surface area contributed by atoms with Crippen LogP contribution in [0.15, 0.2) is 30.5 Å². The Morgan fingerprint density at radius 1 is 1.18 bits per heavy atom. The number of nitrogens with zero attached hydrogens (tertiary/aromatic N) is 3. The zero-order valence-corrected chi connectivity index (χ0v) is 16.8. The Hall–Kier alpha value is -2.76. The molecule has 0 fully saturated rings. The van der Waals surface area contributed by atoms with E-state index in [1.807, 2.05) is 19.9 Å². The summed E-state index contributed by atoms with van der Waals surface area (Å²) in [6, 6.07) is 6.74. The lowest BCUT2D eigenvalue weighted by molar-refractivity contribution is 0.0954. The predicted molar refractivity (Wildman–Crippen MR) is 108 cm³/mol. The molecule has 1 amide bonds. The van der Waals surface area contributed by atoms with Crippen molar-refractivity contribution in [3.63, 3.8) is 0 Å². The minimum atomic E-state index is -0.231. The van der Waals surface area contributed by atoms with Crippen molar-refractivity contribution < 1.29 is 9.18 Å². The van der Waals surface area contributed by atoms with E-state index in [-0.39, 0.29) is 11.7 Å². The summed E-state index contributed by atoms with van der Waals surface area (Å²) < 4.78 is 15.7. The molecule has 0 atom stereocenters. The van der Waals surface area contributed by atoms with Crippen LogP contribution < -0.4 is 5.32 Å². The zero-order chi connectivity index (χ0) is 20.1. The number of aryl methyl sites for hydroxylation is 2. The number of benzene rings is 1. The Labute approximate surface area is 165 Å². The van der Waals surface area contributed by atoms with E-state index in [2.05, 4.69) is 22.3 Å². The molecule has 0 unspecified atom stereocenters. The van der Waals surface area contributed by atoms with Gasteiger partial charge in [0, 0.05) is 24.4 Å². The molecule has 0 aliphatic rings. The minimum absolute atomic E-state index is 0.153. The van der Waals surface area contributed by atoms with E-state index in [0.717, 1.165) is 29.8 Å². The van der Waals surface area contributed by atoms with Gasteiger partial charge in [-0.3, -0.25) is 4.79 Å². The molecule has 0 saturated heterocycles. The maximum atomic E-state index is 14.1. The highest BCUT2D eigenvalue weighted by molar-refractivity contribution is 5.99. The number of fused-ring (bicyclic) bond motifs is 1. The molecule has 1 N–H and O–H groups in total. The van der Waals surface area contributed by atoms with Crippen molar-refractivity contribution in [2.45, 2.75) is 52.9 Å². The number of halogens is 1. The van der Waals surface area contributed by atoms with Crippen molar-refractivity contribution in [1.29, 1.82) is 0 Å². The van der Waals surface area contributed by atoms with Gasteiger partial charge in [0.2, 0.25) is 0 Å². The molecule has 28 heavy (non-hydrogen) atoms. The fourth-order valence-corrected chi connectivity index (χ4v) is 3.41. The molecule has 5 nitrogen and oxygen atoms in total. The lowest BCUT2D eigenvalue weighted by atomic mass is 10.0. The van der Waals surface area contributed by atoms with Gasteiger partial charge in [-0.05, 0) is 37.5 Å². The minimum Gasteiger partial charge on any atom is -0.352 e. The topological polar surface area (TPSA) is 59.3 Å². The summed E-state index contributed by atoms with van der Waals surface area (Å²) in [5.41, 5.74) is 4.20. The molecule has 0 radical (unpaired) electrons. The molecule has 3 aromatic rings. The average molecular weight is 382 g/mol. The molecule has 0 saturated carbocycles. The molecule has 0 aliphatic carbocycles. The molecule has 1 aromatic carbocycles. The van der Waals surface area contributed by atoms with Gasteiger partial charge in [-0.15, -0.1) is 0 Å². The maximum Gasteiger partial charge on any atom is 0.256 e. The van der Waals surface area contributed by atoms with Gasteiger partial charge in [0.05, 0.1) is 6.20 Å². The summed E-state index contributed by atoms with van der Waals surface area (Å²) in [6.45, 7) is 6.63. The molecule has 0 aliphatic heterocycles. The fourth-order valence-electron chi connectivity index (χ4n) is 3.41. The number of hydrogen-bond acceptors (Lipinski definition) is 3. The van der Waals surface area contributed by atoms with Crippen LogP contribution in [0.2, 0.25) is 0 Å². The van der Waals surface area contributed by atoms with Crippen LogP contribution in [0.5, 0.6) is 0 Å². The first-order valence-electron chi connectivity index (χ1n) is 9.88. The lowest BCUT2D eigenvalue weighted by Crippen LogP contribution is -2.24. The van der Waals surface area contributed by atoms with E-state index in [0.29, 0.717) is 29.7 Å². The van der Waals surface area contributed by atoms with Gasteiger partial charge in [0.1, 0.15) is 11.4 Å². The van der Waals surface area contributed by atoms with Crippen LogP contribution in [0, 0.1) is 19.7 Å². The number of hydrogen-bond donors (Lipinski definition) is 1. The SMILES string of the molecule is CCCCCCNC(=O)c1cnn2c(C)c(Cc3ccccc3F)c(C)nc12. The van der Waals surface area contributed by atoms with Crippen molar-refractivity contribution in [3.05, 3.63) is 64.4 Å². The zero-order valence-electron chi connectivity index (χ0n) is 16.8. The lowest BCUT2D eigenvalue weighted by Gasteiger charge is -2.12. The Morgan fingerprint density at radius 2 is 1.96 bits per heavy atom. The van der Waals surface area contributed by atoms with Crippen molar-refractivity contribution in [1.82, 2.24) is 19.9 Å². The van der Waals surface area contributed by atoms with Crippen LogP contribution in [0.3, 0.4) is 0 Å². The van der Waals surface area contributed by atoms with Gasteiger partial charge in [0.25, 0.3) is 5.91 Å². The first-order valence-corrected chi connectivity index (χ1v) is 9.88. The van der Waals surface area contributed by atoms with Gasteiger partial charge in [-0.25, -0.2) is 13.9 Å². The molecule has 0 spiro atoms. The molecular weight excluding hydrogens is 355 g/mol. The van der Waals surface area contributed by atoms with E-state index >= 15 is 0 Å². The monoisotopic (exact) mass is 382 g/mol. The smallest absolute Gasteiger partial charge is 0.256 e. The molecular formula is C22H27FN4O. The van der Waals surface area contributed by atoms with E-state index in [4.69, 9.17) is 0 Å². The second-order valence-electron chi connectivity index (χ2n) is 7.14. The molecule has 2 heterocycles. The second kappa shape index (κ2) is 8.95. The standard InChI is InChI=1S/C22H27FN4O/c1-4-5-6-9-12-24-22(28)19-14-25-27-16(3)18(15(2)26-21(19)27)13-17-10-7-8-11-20(17)23/h7-8,10-11,14H,4-6,9,12-13H2,1-3H3,(H,24,28). The van der Waals surface area contributed by atoms with Gasteiger partial charge >= 0.3 is 0 Å². The second-order valence-corrected chi connectivity index (χ2v) is 7.14. The van der Waals surface area contributed by atoms with E-state index < -0.39 is 0 Å². The largest absolute Gasteiger partial charge is 0.352 e. The van der Waals surface area contributed by atoms with Crippen molar-refractivity contribution in [3.8, 4) is 0 Å². The summed E-state index contributed by atoms with van der Waals surface area (Å²) in [5.74, 6) is -0.385. The first kappa shape index (κ1) is 20.0. The Morgan fingerprint density at radius 3 is 2.71 bits per heavy atom. The number of unbranched alkanes of at least 4 members (excludes halogenated alkanes) is 3. The van der Waals surface area contributed by atoms with Crippen LogP contribution in [0.4, 0.5) is 4.39 Å². The molecule has 148 valence electrons. The van der Waals surface area contributed by atoms with E-state index in [1.165, 1.54) is 18.9 Å². The summed E-state index contributed by atoms with van der Waals surface area (Å²) in [4.78, 5) is 17.2. The van der Waals surface area contributed by atoms with Gasteiger partial charge in [0.15, 0.2) is 5.65 Å². The number of amides is 1. The number of carbonyl (C=O) groups excluding carboxylic acids is 1. The maximum absolute atomic E-state index is 14.1. The third-order valence-electron chi connectivity index (χ3n) is 5.09. The Bertz CT molecular complexity index is 980. The molecule has 6 heteroatoms. The molecule has 0 bridgehead atoms. The number of rotatable bonds is 8. The average Bonchev–Trinajstić information content (AvgIpc) is 3.10. The van der Waals surface area contributed by atoms with E-state index in [9.17, 15) is 9.18 Å². The summed E-state index contributed by atoms with van der Waals surface area (Å²) >= 11 is 0. The number of nitrogens with one attached hydrogen (secondary N) is 1. The Balaban J connectivity index is 1.83. The van der Waals surface area contributed by atoms with Crippen molar-refractivity contribution in [2.24, 2.45) is 0 Å². The Kier molecular flexibility index (Phi) is 6.39. The van der Waals surface area contributed by atoms with E-state index in [1.54, 1.807) is 22.8 Å². The third-order valence-corrected chi connectivity index (χ3v) is 5.09. The fraction of sp³-hybridized carbons (Fsp3) is 0.409. The predicted octanol–water partition coefficient (Wildman–Crippen LogP) is 4.39. The quantitative estimate of drug-likeness (QED) is 0.588. The summed E-state index contributed by atoms with van der Waals surface area (Å²) in [6.07, 6.45) is 6.42. The highest BCUT2D eigenvalue weighted by Gasteiger charge is 2.18. The third kappa shape index (κ3) is 4.21. The molecule has 3 rings (SSSR count). The van der Waals surface area contributed by atoms with Crippen LogP contribution >= 0.6 is 0 Å². The van der Waals surface area contributed by atoms with Crippen LogP contribution in [0.1, 0.15) is 65.5 Å². The number of carbonyl (C=O) groups is 1. The van der Waals surface area contributed by atoms with Gasteiger partial charge in [-0.2, -0.15) is 5.10 Å².